The van der Waals surface area contributed by atoms with Crippen LogP contribution in [0.25, 0.3) is 0 Å². The second kappa shape index (κ2) is 8.78. The lowest BCUT2D eigenvalue weighted by atomic mass is 10.2. The van der Waals surface area contributed by atoms with E-state index >= 15 is 0 Å². The van der Waals surface area contributed by atoms with Gasteiger partial charge in [0, 0.05) is 12.7 Å². The number of methoxy groups -OCH3 is 1. The van der Waals surface area contributed by atoms with Gasteiger partial charge in [-0.05, 0) is 44.0 Å². The van der Waals surface area contributed by atoms with Crippen molar-refractivity contribution in [3.63, 3.8) is 0 Å². The number of nitrogens with zero attached hydrogens (tertiary/aromatic N) is 1. The molecule has 0 aliphatic rings. The van der Waals surface area contributed by atoms with Crippen molar-refractivity contribution >= 4 is 5.91 Å². The van der Waals surface area contributed by atoms with Crippen LogP contribution in [0.15, 0.2) is 42.6 Å². The maximum atomic E-state index is 12.0. The number of hydrogen-bond acceptors (Lipinski definition) is 4. The van der Waals surface area contributed by atoms with Crippen molar-refractivity contribution < 1.29 is 14.3 Å². The van der Waals surface area contributed by atoms with E-state index < -0.39 is 0 Å². The van der Waals surface area contributed by atoms with E-state index in [1.807, 2.05) is 31.2 Å². The molecule has 0 saturated heterocycles. The second-order valence-corrected chi connectivity index (χ2v) is 5.18. The summed E-state index contributed by atoms with van der Waals surface area (Å²) >= 11 is 0. The summed E-state index contributed by atoms with van der Waals surface area (Å²) in [7, 11) is 1.50. The maximum Gasteiger partial charge on any atom is 0.256 e. The topological polar surface area (TPSA) is 60.5 Å². The van der Waals surface area contributed by atoms with Crippen LogP contribution in [0.2, 0.25) is 0 Å². The Balaban J connectivity index is 1.65. The highest BCUT2D eigenvalue weighted by atomic mass is 16.5. The van der Waals surface area contributed by atoms with Gasteiger partial charge in [-0.3, -0.25) is 4.79 Å². The Hall–Kier alpha value is -2.56. The number of nitrogens with one attached hydrogen (secondary N) is 1. The smallest absolute Gasteiger partial charge is 0.256 e. The van der Waals surface area contributed by atoms with Gasteiger partial charge in [0.15, 0.2) is 0 Å². The molecule has 122 valence electrons. The standard InChI is InChI=1S/C18H22N2O3/c1-14-7-9-15(10-8-14)23-13-4-3-11-19-17(21)16-6-5-12-20-18(16)22-2/h5-10,12H,3-4,11,13H2,1-2H3,(H,19,21). The Morgan fingerprint density at radius 3 is 2.70 bits per heavy atom. The molecule has 2 aromatic rings. The number of pyridine rings is 1. The fourth-order valence-corrected chi connectivity index (χ4v) is 2.08. The number of benzene rings is 1. The summed E-state index contributed by atoms with van der Waals surface area (Å²) in [5.41, 5.74) is 1.66. The van der Waals surface area contributed by atoms with E-state index in [1.165, 1.54) is 12.7 Å². The van der Waals surface area contributed by atoms with Crippen LogP contribution >= 0.6 is 0 Å². The van der Waals surface area contributed by atoms with Gasteiger partial charge in [0.1, 0.15) is 11.3 Å². The van der Waals surface area contributed by atoms with Crippen LogP contribution in [0.3, 0.4) is 0 Å². The third kappa shape index (κ3) is 5.29. The summed E-state index contributed by atoms with van der Waals surface area (Å²) in [6.45, 7) is 3.27. The lowest BCUT2D eigenvalue weighted by molar-refractivity contribution is 0.0948. The van der Waals surface area contributed by atoms with Gasteiger partial charge in [-0.25, -0.2) is 4.98 Å². The number of unbranched alkanes of at least 4 members (excludes halogenated alkanes) is 1. The Kier molecular flexibility index (Phi) is 6.41. The van der Waals surface area contributed by atoms with Gasteiger partial charge in [-0.15, -0.1) is 0 Å². The third-order valence-electron chi connectivity index (χ3n) is 3.36. The number of ether oxygens (including phenoxy) is 2. The largest absolute Gasteiger partial charge is 0.494 e. The fourth-order valence-electron chi connectivity index (χ4n) is 2.08. The number of carbonyl (C=O) groups is 1. The highest BCUT2D eigenvalue weighted by molar-refractivity contribution is 5.96. The van der Waals surface area contributed by atoms with Crippen LogP contribution in [0.1, 0.15) is 28.8 Å². The summed E-state index contributed by atoms with van der Waals surface area (Å²) in [6.07, 6.45) is 3.32. The summed E-state index contributed by atoms with van der Waals surface area (Å²) in [5, 5.41) is 2.87. The Bertz CT molecular complexity index is 626. The monoisotopic (exact) mass is 314 g/mol. The van der Waals surface area contributed by atoms with Gasteiger partial charge in [-0.1, -0.05) is 17.7 Å². The molecule has 0 radical (unpaired) electrons. The normalized spacial score (nSPS) is 10.2. The van der Waals surface area contributed by atoms with Crippen LogP contribution in [-0.2, 0) is 0 Å². The van der Waals surface area contributed by atoms with Crippen molar-refractivity contribution in [2.24, 2.45) is 0 Å². The highest BCUT2D eigenvalue weighted by Crippen LogP contribution is 2.13. The summed E-state index contributed by atoms with van der Waals surface area (Å²) in [4.78, 5) is 16.1. The zero-order valence-electron chi connectivity index (χ0n) is 13.5. The number of aromatic nitrogens is 1. The Labute approximate surface area is 136 Å². The average molecular weight is 314 g/mol. The van der Waals surface area contributed by atoms with E-state index in [0.717, 1.165) is 18.6 Å². The molecule has 0 unspecified atom stereocenters. The van der Waals surface area contributed by atoms with E-state index in [-0.39, 0.29) is 5.91 Å². The predicted molar refractivity (Wildman–Crippen MR) is 89.0 cm³/mol. The molecule has 0 aliphatic carbocycles. The van der Waals surface area contributed by atoms with Crippen molar-refractivity contribution in [1.29, 1.82) is 0 Å². The molecule has 0 atom stereocenters. The van der Waals surface area contributed by atoms with Gasteiger partial charge in [-0.2, -0.15) is 0 Å². The molecular weight excluding hydrogens is 292 g/mol. The van der Waals surface area contributed by atoms with Crippen LogP contribution in [0.4, 0.5) is 0 Å². The third-order valence-corrected chi connectivity index (χ3v) is 3.36. The number of rotatable bonds is 8. The number of aryl methyl sites for hydroxylation is 1. The number of carbonyl (C=O) groups excluding carboxylic acids is 1. The van der Waals surface area contributed by atoms with Gasteiger partial charge >= 0.3 is 0 Å². The zero-order valence-corrected chi connectivity index (χ0v) is 13.5. The van der Waals surface area contributed by atoms with Crippen molar-refractivity contribution in [2.45, 2.75) is 19.8 Å². The minimum absolute atomic E-state index is 0.172. The van der Waals surface area contributed by atoms with Gasteiger partial charge < -0.3 is 14.8 Å². The van der Waals surface area contributed by atoms with E-state index in [9.17, 15) is 4.79 Å². The van der Waals surface area contributed by atoms with Crippen LogP contribution in [-0.4, -0.2) is 31.2 Å². The first-order valence-corrected chi connectivity index (χ1v) is 7.67. The molecule has 0 spiro atoms. The molecular formula is C18H22N2O3. The molecule has 1 aromatic heterocycles. The van der Waals surface area contributed by atoms with Crippen LogP contribution < -0.4 is 14.8 Å². The van der Waals surface area contributed by atoms with Crippen molar-refractivity contribution in [3.05, 3.63) is 53.7 Å². The van der Waals surface area contributed by atoms with E-state index in [0.29, 0.717) is 24.6 Å². The van der Waals surface area contributed by atoms with E-state index in [1.54, 1.807) is 18.3 Å². The highest BCUT2D eigenvalue weighted by Gasteiger charge is 2.11. The lowest BCUT2D eigenvalue weighted by Gasteiger charge is -2.09. The minimum atomic E-state index is -0.172. The number of amides is 1. The van der Waals surface area contributed by atoms with Crippen LogP contribution in [0, 0.1) is 6.92 Å². The molecule has 1 N–H and O–H groups in total. The number of hydrogen-bond donors (Lipinski definition) is 1. The first-order valence-electron chi connectivity index (χ1n) is 7.67. The molecule has 2 rings (SSSR count). The average Bonchev–Trinajstić information content (AvgIpc) is 2.59. The van der Waals surface area contributed by atoms with Gasteiger partial charge in [0.25, 0.3) is 5.91 Å². The Morgan fingerprint density at radius 2 is 1.96 bits per heavy atom. The Morgan fingerprint density at radius 1 is 1.17 bits per heavy atom. The lowest BCUT2D eigenvalue weighted by Crippen LogP contribution is -2.25. The molecule has 5 nitrogen and oxygen atoms in total. The predicted octanol–water partition coefficient (Wildman–Crippen LogP) is 2.99. The van der Waals surface area contributed by atoms with Crippen LogP contribution in [0.5, 0.6) is 11.6 Å². The molecule has 1 amide bonds. The molecule has 5 heteroatoms. The fraction of sp³-hybridized carbons (Fsp3) is 0.333. The molecule has 0 aliphatic heterocycles. The van der Waals surface area contributed by atoms with Gasteiger partial charge in [0.2, 0.25) is 5.88 Å². The summed E-state index contributed by atoms with van der Waals surface area (Å²) in [5.74, 6) is 1.04. The van der Waals surface area contributed by atoms with Gasteiger partial charge in [0.05, 0.1) is 13.7 Å². The summed E-state index contributed by atoms with van der Waals surface area (Å²) < 4.78 is 10.7. The molecule has 0 bridgehead atoms. The molecule has 0 saturated carbocycles. The quantitative estimate of drug-likeness (QED) is 0.761. The molecule has 1 heterocycles. The molecule has 0 fully saturated rings. The van der Waals surface area contributed by atoms with Crippen molar-refractivity contribution in [1.82, 2.24) is 10.3 Å². The van der Waals surface area contributed by atoms with E-state index in [2.05, 4.69) is 10.3 Å². The molecule has 23 heavy (non-hydrogen) atoms. The van der Waals surface area contributed by atoms with Crippen molar-refractivity contribution in [2.75, 3.05) is 20.3 Å². The maximum absolute atomic E-state index is 12.0. The minimum Gasteiger partial charge on any atom is -0.494 e. The first-order chi connectivity index (χ1) is 11.2. The zero-order chi connectivity index (χ0) is 16.5. The second-order valence-electron chi connectivity index (χ2n) is 5.18. The SMILES string of the molecule is COc1ncccc1C(=O)NCCCCOc1ccc(C)cc1. The van der Waals surface area contributed by atoms with Crippen molar-refractivity contribution in [3.8, 4) is 11.6 Å². The first kappa shape index (κ1) is 16.8. The molecule has 1 aromatic carbocycles. The summed E-state index contributed by atoms with van der Waals surface area (Å²) in [6, 6.07) is 11.4. The van der Waals surface area contributed by atoms with E-state index in [4.69, 9.17) is 9.47 Å².